The molecule has 2 atom stereocenters. The van der Waals surface area contributed by atoms with Crippen LogP contribution in [0, 0.1) is 5.41 Å². The second-order valence-electron chi connectivity index (χ2n) is 12.8. The second-order valence-corrected chi connectivity index (χ2v) is 12.8. The lowest BCUT2D eigenvalue weighted by Gasteiger charge is -2.47. The van der Waals surface area contributed by atoms with Gasteiger partial charge in [0.25, 0.3) is 0 Å². The van der Waals surface area contributed by atoms with Gasteiger partial charge in [0.15, 0.2) is 11.5 Å². The monoisotopic (exact) mass is 592 g/mol. The predicted octanol–water partition coefficient (Wildman–Crippen LogP) is 6.90. The molecule has 1 saturated heterocycles. The van der Waals surface area contributed by atoms with Crippen molar-refractivity contribution in [2.24, 2.45) is 5.41 Å². The Morgan fingerprint density at radius 1 is 1.16 bits per heavy atom. The summed E-state index contributed by atoms with van der Waals surface area (Å²) in [7, 11) is 0. The summed E-state index contributed by atoms with van der Waals surface area (Å²) in [6, 6.07) is 8.45. The van der Waals surface area contributed by atoms with Crippen LogP contribution in [-0.2, 0) is 11.2 Å². The molecule has 0 bridgehead atoms. The number of carbonyl (C=O) groups is 2. The fourth-order valence-corrected chi connectivity index (χ4v) is 5.73. The van der Waals surface area contributed by atoms with E-state index in [4.69, 9.17) is 14.5 Å². The van der Waals surface area contributed by atoms with Gasteiger partial charge < -0.3 is 24.8 Å². The second kappa shape index (κ2) is 12.5. The molecule has 0 saturated carbocycles. The lowest BCUT2D eigenvalue weighted by atomic mass is 9.77. The molecule has 4 rings (SSSR count). The van der Waals surface area contributed by atoms with Gasteiger partial charge in [-0.1, -0.05) is 26.8 Å². The number of hydrogen-bond donors (Lipinski definition) is 2. The molecule has 1 aliphatic heterocycles. The molecule has 3 aromatic rings. The van der Waals surface area contributed by atoms with Crippen LogP contribution in [0.15, 0.2) is 49.2 Å². The lowest BCUT2D eigenvalue weighted by molar-refractivity contribution is 0.0518. The van der Waals surface area contributed by atoms with Gasteiger partial charge >= 0.3 is 12.2 Å². The first-order chi connectivity index (χ1) is 20.2. The number of carbonyl (C=O) groups excluding carboxylic acids is 1. The molecule has 1 aromatic carbocycles. The van der Waals surface area contributed by atoms with Crippen LogP contribution < -0.4 is 15.0 Å². The summed E-state index contributed by atoms with van der Waals surface area (Å²) in [6.07, 6.45) is 3.68. The minimum absolute atomic E-state index is 0.223. The van der Waals surface area contributed by atoms with Crippen molar-refractivity contribution in [3.05, 3.63) is 54.7 Å². The van der Waals surface area contributed by atoms with E-state index < -0.39 is 17.8 Å². The maximum atomic E-state index is 14.0. The summed E-state index contributed by atoms with van der Waals surface area (Å²) < 4.78 is 13.2. The summed E-state index contributed by atoms with van der Waals surface area (Å²) >= 11 is 0. The summed E-state index contributed by atoms with van der Waals surface area (Å²) in [5, 5.41) is 18.2. The van der Waals surface area contributed by atoms with E-state index in [9.17, 15) is 14.7 Å². The highest BCUT2D eigenvalue weighted by molar-refractivity contribution is 5.97. The molecule has 0 radical (unpaired) electrons. The summed E-state index contributed by atoms with van der Waals surface area (Å²) in [4.78, 5) is 34.2. The molecular formula is C32H44N6O5. The van der Waals surface area contributed by atoms with E-state index in [1.54, 1.807) is 47.1 Å². The van der Waals surface area contributed by atoms with Crippen LogP contribution >= 0.6 is 0 Å². The van der Waals surface area contributed by atoms with E-state index in [1.807, 2.05) is 48.5 Å². The van der Waals surface area contributed by atoms with Gasteiger partial charge in [-0.15, -0.1) is 6.58 Å². The third-order valence-electron chi connectivity index (χ3n) is 7.23. The highest BCUT2D eigenvalue weighted by atomic mass is 16.6. The van der Waals surface area contributed by atoms with Crippen molar-refractivity contribution in [2.45, 2.75) is 85.4 Å². The first-order valence-corrected chi connectivity index (χ1v) is 14.7. The third kappa shape index (κ3) is 7.03. The van der Waals surface area contributed by atoms with Gasteiger partial charge in [-0.3, -0.25) is 0 Å². The number of likely N-dealkylation sites (tertiary alicyclic amines) is 1. The van der Waals surface area contributed by atoms with Crippen molar-refractivity contribution >= 4 is 35.2 Å². The van der Waals surface area contributed by atoms with Gasteiger partial charge in [0.2, 0.25) is 0 Å². The zero-order valence-electron chi connectivity index (χ0n) is 26.3. The van der Waals surface area contributed by atoms with E-state index in [-0.39, 0.29) is 17.5 Å². The number of piperidine rings is 1. The molecule has 0 aliphatic carbocycles. The Labute approximate surface area is 253 Å². The van der Waals surface area contributed by atoms with Gasteiger partial charge in [-0.05, 0) is 76.6 Å². The Balaban J connectivity index is 1.92. The first-order valence-electron chi connectivity index (χ1n) is 14.7. The molecule has 43 heavy (non-hydrogen) atoms. The average molecular weight is 593 g/mol. The molecule has 1 fully saturated rings. The zero-order valence-corrected chi connectivity index (χ0v) is 26.3. The van der Waals surface area contributed by atoms with Crippen molar-refractivity contribution in [1.29, 1.82) is 0 Å². The normalized spacial score (nSPS) is 17.4. The van der Waals surface area contributed by atoms with E-state index in [1.165, 1.54) is 9.80 Å². The summed E-state index contributed by atoms with van der Waals surface area (Å²) in [5.41, 5.74) is 0.635. The maximum absolute atomic E-state index is 14.0. The zero-order chi connectivity index (χ0) is 31.5. The SMILES string of the molecule is C=CCc1c(NC2CCCN(C(=O)O)[C@H]2C(C)(C)C)nc2ccnn2c1N(C(=O)OC(C)(C)C)c1ccc(OCC)cc1. The number of nitrogens with one attached hydrogen (secondary N) is 1. The average Bonchev–Trinajstić information content (AvgIpc) is 3.38. The maximum Gasteiger partial charge on any atom is 0.420 e. The van der Waals surface area contributed by atoms with Crippen molar-refractivity contribution < 1.29 is 24.2 Å². The molecule has 2 N–H and O–H groups in total. The quantitative estimate of drug-likeness (QED) is 0.271. The highest BCUT2D eigenvalue weighted by Crippen LogP contribution is 2.38. The van der Waals surface area contributed by atoms with E-state index >= 15 is 0 Å². The van der Waals surface area contributed by atoms with Gasteiger partial charge in [-0.25, -0.2) is 19.5 Å². The Hall–Kier alpha value is -4.28. The number of amides is 2. The molecule has 1 aliphatic rings. The molecule has 232 valence electrons. The third-order valence-corrected chi connectivity index (χ3v) is 7.23. The van der Waals surface area contributed by atoms with Crippen LogP contribution in [0.2, 0.25) is 0 Å². The van der Waals surface area contributed by atoms with Gasteiger partial charge in [0, 0.05) is 24.2 Å². The number of hydrogen-bond acceptors (Lipinski definition) is 7. The number of fused-ring (bicyclic) bond motifs is 1. The largest absolute Gasteiger partial charge is 0.494 e. The fourth-order valence-electron chi connectivity index (χ4n) is 5.73. The smallest absolute Gasteiger partial charge is 0.420 e. The van der Waals surface area contributed by atoms with Crippen LogP contribution in [0.4, 0.5) is 26.9 Å². The topological polar surface area (TPSA) is 122 Å². The molecule has 2 amide bonds. The number of anilines is 3. The number of aromatic nitrogens is 3. The number of carboxylic acid groups (broad SMARTS) is 1. The number of rotatable bonds is 8. The molecule has 1 unspecified atom stereocenters. The van der Waals surface area contributed by atoms with E-state index in [2.05, 4.69) is 17.0 Å². The Morgan fingerprint density at radius 3 is 2.44 bits per heavy atom. The van der Waals surface area contributed by atoms with Crippen molar-refractivity contribution in [3.8, 4) is 5.75 Å². The number of ether oxygens (including phenoxy) is 2. The van der Waals surface area contributed by atoms with Crippen LogP contribution in [-0.4, -0.2) is 67.6 Å². The fraction of sp³-hybridized carbons (Fsp3) is 0.500. The van der Waals surface area contributed by atoms with E-state index in [0.717, 1.165) is 6.42 Å². The highest BCUT2D eigenvalue weighted by Gasteiger charge is 2.42. The van der Waals surface area contributed by atoms with Crippen molar-refractivity contribution in [1.82, 2.24) is 19.5 Å². The van der Waals surface area contributed by atoms with E-state index in [0.29, 0.717) is 60.3 Å². The van der Waals surface area contributed by atoms with Gasteiger partial charge in [0.05, 0.1) is 24.5 Å². The van der Waals surface area contributed by atoms with Crippen molar-refractivity contribution in [3.63, 3.8) is 0 Å². The summed E-state index contributed by atoms with van der Waals surface area (Å²) in [6.45, 7) is 18.5. The first kappa shape index (κ1) is 31.7. The standard InChI is InChI=1S/C32H44N6O5/c1-9-12-23-27(34-24-13-11-20-36(29(39)40)26(24)31(3,4)5)35-25-18-19-33-38(25)28(23)37(30(41)43-32(6,7)8)21-14-16-22(17-15-21)42-10-2/h9,14-19,24,26H,1,10-13,20H2,2-8H3,(H,34,35)(H,39,40)/t24?,26-/m1/s1. The molecule has 11 heteroatoms. The van der Waals surface area contributed by atoms with Gasteiger partial charge in [-0.2, -0.15) is 9.61 Å². The molecular weight excluding hydrogens is 548 g/mol. The van der Waals surface area contributed by atoms with Gasteiger partial charge in [0.1, 0.15) is 17.2 Å². The van der Waals surface area contributed by atoms with Crippen LogP contribution in [0.3, 0.4) is 0 Å². The number of nitrogens with zero attached hydrogens (tertiary/aromatic N) is 5. The summed E-state index contributed by atoms with van der Waals surface area (Å²) in [5.74, 6) is 1.67. The molecule has 3 heterocycles. The number of benzene rings is 1. The minimum atomic E-state index is -0.941. The van der Waals surface area contributed by atoms with Crippen LogP contribution in [0.25, 0.3) is 5.65 Å². The Bertz CT molecular complexity index is 1450. The number of allylic oxidation sites excluding steroid dienone is 1. The van der Waals surface area contributed by atoms with Crippen LogP contribution in [0.5, 0.6) is 5.75 Å². The molecule has 11 nitrogen and oxygen atoms in total. The van der Waals surface area contributed by atoms with Crippen molar-refractivity contribution in [2.75, 3.05) is 23.4 Å². The lowest BCUT2D eigenvalue weighted by Crippen LogP contribution is -2.58. The molecule has 2 aromatic heterocycles. The Kier molecular flexibility index (Phi) is 9.22. The van der Waals surface area contributed by atoms with Crippen LogP contribution in [0.1, 0.15) is 66.9 Å². The predicted molar refractivity (Wildman–Crippen MR) is 167 cm³/mol. The molecule has 0 spiro atoms. The Morgan fingerprint density at radius 2 is 1.86 bits per heavy atom. The minimum Gasteiger partial charge on any atom is -0.494 e.